The Morgan fingerprint density at radius 1 is 1.04 bits per heavy atom. The highest BCUT2D eigenvalue weighted by molar-refractivity contribution is 7.89. The molecule has 1 amide bonds. The predicted octanol–water partition coefficient (Wildman–Crippen LogP) is 2.09. The molecule has 2 aromatic carbocycles. The number of piperazine rings is 1. The van der Waals surface area contributed by atoms with Crippen LogP contribution in [0.2, 0.25) is 5.02 Å². The second kappa shape index (κ2) is 7.22. The molecule has 0 bridgehead atoms. The first-order valence-electron chi connectivity index (χ1n) is 7.88. The fraction of sp³-hybridized carbons (Fsp3) is 0.235. The Bertz CT molecular complexity index is 927. The molecule has 0 atom stereocenters. The molecule has 0 saturated carbocycles. The minimum atomic E-state index is -4.01. The Kier molecular flexibility index (Phi) is 5.17. The van der Waals surface area contributed by atoms with Crippen LogP contribution in [0.4, 0.5) is 10.1 Å². The van der Waals surface area contributed by atoms with Crippen molar-refractivity contribution in [2.24, 2.45) is 5.14 Å². The van der Waals surface area contributed by atoms with Crippen LogP contribution in [0.1, 0.15) is 10.4 Å². The zero-order valence-electron chi connectivity index (χ0n) is 13.7. The molecule has 0 radical (unpaired) electrons. The summed E-state index contributed by atoms with van der Waals surface area (Å²) < 4.78 is 36.1. The van der Waals surface area contributed by atoms with Gasteiger partial charge in [-0.1, -0.05) is 11.6 Å². The largest absolute Gasteiger partial charge is 0.368 e. The van der Waals surface area contributed by atoms with Gasteiger partial charge in [0.25, 0.3) is 5.91 Å². The van der Waals surface area contributed by atoms with E-state index in [1.807, 2.05) is 0 Å². The molecule has 0 aliphatic carbocycles. The lowest BCUT2D eigenvalue weighted by atomic mass is 10.1. The summed E-state index contributed by atoms with van der Waals surface area (Å²) >= 11 is 5.85. The van der Waals surface area contributed by atoms with E-state index in [2.05, 4.69) is 4.90 Å². The van der Waals surface area contributed by atoms with E-state index in [-0.39, 0.29) is 27.2 Å². The first-order chi connectivity index (χ1) is 12.3. The van der Waals surface area contributed by atoms with Gasteiger partial charge >= 0.3 is 0 Å². The zero-order chi connectivity index (χ0) is 18.9. The quantitative estimate of drug-likeness (QED) is 0.859. The van der Waals surface area contributed by atoms with E-state index in [1.165, 1.54) is 30.3 Å². The van der Waals surface area contributed by atoms with Gasteiger partial charge in [-0.2, -0.15) is 0 Å². The second-order valence-corrected chi connectivity index (χ2v) is 7.88. The summed E-state index contributed by atoms with van der Waals surface area (Å²) in [4.78, 5) is 16.1. The van der Waals surface area contributed by atoms with Gasteiger partial charge in [0.2, 0.25) is 10.0 Å². The number of primary sulfonamides is 1. The third-order valence-corrected chi connectivity index (χ3v) is 5.64. The van der Waals surface area contributed by atoms with Crippen LogP contribution in [-0.4, -0.2) is 45.4 Å². The lowest BCUT2D eigenvalue weighted by Gasteiger charge is -2.36. The van der Waals surface area contributed by atoms with Crippen LogP contribution in [0, 0.1) is 5.82 Å². The maximum absolute atomic E-state index is 13.0. The van der Waals surface area contributed by atoms with Crippen LogP contribution in [0.15, 0.2) is 47.4 Å². The van der Waals surface area contributed by atoms with Crippen molar-refractivity contribution in [3.8, 4) is 0 Å². The van der Waals surface area contributed by atoms with Crippen LogP contribution in [0.3, 0.4) is 0 Å². The van der Waals surface area contributed by atoms with E-state index in [0.29, 0.717) is 26.2 Å². The Labute approximate surface area is 156 Å². The van der Waals surface area contributed by atoms with Crippen LogP contribution in [-0.2, 0) is 10.0 Å². The molecule has 1 aliphatic rings. The fourth-order valence-electron chi connectivity index (χ4n) is 2.86. The Hall–Kier alpha value is -2.16. The van der Waals surface area contributed by atoms with E-state index in [9.17, 15) is 17.6 Å². The van der Waals surface area contributed by atoms with Gasteiger partial charge in [-0.05, 0) is 42.5 Å². The van der Waals surface area contributed by atoms with Crippen molar-refractivity contribution in [2.45, 2.75) is 4.90 Å². The van der Waals surface area contributed by atoms with Crippen LogP contribution < -0.4 is 10.0 Å². The summed E-state index contributed by atoms with van der Waals surface area (Å²) in [5.74, 6) is -0.582. The average Bonchev–Trinajstić information content (AvgIpc) is 2.61. The van der Waals surface area contributed by atoms with Gasteiger partial charge in [0.15, 0.2) is 0 Å². The SMILES string of the molecule is NS(=O)(=O)c1cc(C(=O)N2CCN(c3ccc(F)cc3)CC2)ccc1Cl. The van der Waals surface area contributed by atoms with Crippen molar-refractivity contribution < 1.29 is 17.6 Å². The molecule has 1 heterocycles. The molecule has 138 valence electrons. The second-order valence-electron chi connectivity index (χ2n) is 5.95. The van der Waals surface area contributed by atoms with Gasteiger partial charge in [0.05, 0.1) is 5.02 Å². The van der Waals surface area contributed by atoms with Crippen molar-refractivity contribution in [2.75, 3.05) is 31.1 Å². The normalized spacial score (nSPS) is 15.2. The smallest absolute Gasteiger partial charge is 0.254 e. The lowest BCUT2D eigenvalue weighted by Crippen LogP contribution is -2.48. The van der Waals surface area contributed by atoms with E-state index in [0.717, 1.165) is 5.69 Å². The summed E-state index contributed by atoms with van der Waals surface area (Å²) in [7, 11) is -4.01. The zero-order valence-corrected chi connectivity index (χ0v) is 15.3. The maximum atomic E-state index is 13.0. The number of hydrogen-bond donors (Lipinski definition) is 1. The van der Waals surface area contributed by atoms with Gasteiger partial charge in [0.1, 0.15) is 10.7 Å². The Balaban J connectivity index is 1.72. The number of amides is 1. The van der Waals surface area contributed by atoms with Gasteiger partial charge in [0, 0.05) is 37.4 Å². The standard InChI is InChI=1S/C17H17ClFN3O3S/c18-15-6-1-12(11-16(15)26(20,24)25)17(23)22-9-7-21(8-10-22)14-4-2-13(19)3-5-14/h1-6,11H,7-10H2,(H2,20,24,25). The van der Waals surface area contributed by atoms with Crippen LogP contribution in [0.5, 0.6) is 0 Å². The van der Waals surface area contributed by atoms with Gasteiger partial charge in [-0.15, -0.1) is 0 Å². The van der Waals surface area contributed by atoms with Crippen LogP contribution >= 0.6 is 11.6 Å². The number of carbonyl (C=O) groups is 1. The summed E-state index contributed by atoms with van der Waals surface area (Å²) in [5, 5.41) is 5.10. The highest BCUT2D eigenvalue weighted by Gasteiger charge is 2.24. The number of benzene rings is 2. The molecule has 26 heavy (non-hydrogen) atoms. The number of nitrogens with zero attached hydrogens (tertiary/aromatic N) is 2. The monoisotopic (exact) mass is 397 g/mol. The van der Waals surface area contributed by atoms with Gasteiger partial charge < -0.3 is 9.80 Å². The van der Waals surface area contributed by atoms with Crippen molar-refractivity contribution in [1.29, 1.82) is 0 Å². The number of hydrogen-bond acceptors (Lipinski definition) is 4. The molecule has 3 rings (SSSR count). The molecule has 0 spiro atoms. The molecule has 9 heteroatoms. The first kappa shape index (κ1) is 18.6. The predicted molar refractivity (Wildman–Crippen MR) is 97.3 cm³/mol. The van der Waals surface area contributed by atoms with E-state index >= 15 is 0 Å². The van der Waals surface area contributed by atoms with Crippen molar-refractivity contribution in [3.05, 3.63) is 58.9 Å². The Morgan fingerprint density at radius 2 is 1.65 bits per heavy atom. The third-order valence-electron chi connectivity index (χ3n) is 4.24. The first-order valence-corrected chi connectivity index (χ1v) is 9.80. The summed E-state index contributed by atoms with van der Waals surface area (Å²) in [6.07, 6.45) is 0. The Morgan fingerprint density at radius 3 is 2.23 bits per heavy atom. The number of sulfonamides is 1. The highest BCUT2D eigenvalue weighted by Crippen LogP contribution is 2.23. The van der Waals surface area contributed by atoms with Crippen LogP contribution in [0.25, 0.3) is 0 Å². The minimum absolute atomic E-state index is 0.0230. The third kappa shape index (κ3) is 3.98. The number of rotatable bonds is 3. The number of nitrogens with two attached hydrogens (primary N) is 1. The van der Waals surface area contributed by atoms with Gasteiger partial charge in [-0.25, -0.2) is 17.9 Å². The molecule has 2 N–H and O–H groups in total. The molecule has 1 aliphatic heterocycles. The minimum Gasteiger partial charge on any atom is -0.368 e. The fourth-order valence-corrected chi connectivity index (χ4v) is 3.93. The molecule has 1 saturated heterocycles. The molecule has 0 unspecified atom stereocenters. The summed E-state index contributed by atoms with van der Waals surface area (Å²) in [5.41, 5.74) is 1.11. The van der Waals surface area contributed by atoms with Crippen molar-refractivity contribution in [3.63, 3.8) is 0 Å². The number of carbonyl (C=O) groups excluding carboxylic acids is 1. The molecule has 6 nitrogen and oxygen atoms in total. The van der Waals surface area contributed by atoms with Gasteiger partial charge in [-0.3, -0.25) is 4.79 Å². The lowest BCUT2D eigenvalue weighted by molar-refractivity contribution is 0.0746. The van der Waals surface area contributed by atoms with E-state index in [1.54, 1.807) is 17.0 Å². The molecule has 1 fully saturated rings. The summed E-state index contributed by atoms with van der Waals surface area (Å²) in [6.45, 7) is 2.10. The number of anilines is 1. The molecule has 0 aromatic heterocycles. The van der Waals surface area contributed by atoms with E-state index in [4.69, 9.17) is 16.7 Å². The molecular formula is C17H17ClFN3O3S. The molecular weight excluding hydrogens is 381 g/mol. The molecule has 2 aromatic rings. The van der Waals surface area contributed by atoms with Crippen molar-refractivity contribution in [1.82, 2.24) is 4.90 Å². The maximum Gasteiger partial charge on any atom is 0.254 e. The topological polar surface area (TPSA) is 83.7 Å². The van der Waals surface area contributed by atoms with E-state index < -0.39 is 10.0 Å². The number of halogens is 2. The van der Waals surface area contributed by atoms with Crippen molar-refractivity contribution >= 4 is 33.2 Å². The average molecular weight is 398 g/mol. The summed E-state index contributed by atoms with van der Waals surface area (Å²) in [6, 6.07) is 10.2. The highest BCUT2D eigenvalue weighted by atomic mass is 35.5.